The van der Waals surface area contributed by atoms with E-state index >= 15 is 0 Å². The van der Waals surface area contributed by atoms with Crippen LogP contribution in [0.4, 0.5) is 0 Å². The zero-order valence-electron chi connectivity index (χ0n) is 11.1. The molecule has 0 aliphatic carbocycles. The number of nitrogens with zero attached hydrogens (tertiary/aromatic N) is 1. The summed E-state index contributed by atoms with van der Waals surface area (Å²) in [7, 11) is 0. The van der Waals surface area contributed by atoms with Crippen molar-refractivity contribution >= 4 is 11.9 Å². The number of aromatic nitrogens is 2. The molecule has 1 heterocycles. The molecule has 0 spiro atoms. The van der Waals surface area contributed by atoms with Crippen LogP contribution in [0.15, 0.2) is 12.5 Å². The van der Waals surface area contributed by atoms with Crippen molar-refractivity contribution in [2.75, 3.05) is 0 Å². The molecular formula is C12H20N4O3. The summed E-state index contributed by atoms with van der Waals surface area (Å²) in [5.41, 5.74) is 5.55. The smallest absolute Gasteiger partial charge is 0.326 e. The molecule has 0 fully saturated rings. The van der Waals surface area contributed by atoms with Crippen molar-refractivity contribution < 1.29 is 14.7 Å². The predicted octanol–water partition coefficient (Wildman–Crippen LogP) is 0.0391. The minimum atomic E-state index is -1.10. The zero-order chi connectivity index (χ0) is 14.5. The van der Waals surface area contributed by atoms with E-state index in [1.165, 1.54) is 12.5 Å². The van der Waals surface area contributed by atoms with Gasteiger partial charge in [0.1, 0.15) is 6.04 Å². The van der Waals surface area contributed by atoms with E-state index in [-0.39, 0.29) is 6.42 Å². The summed E-state index contributed by atoms with van der Waals surface area (Å²) in [6.07, 6.45) is 4.03. The SMILES string of the molecule is CCC(N)(CC)C(=O)N[C@@H](Cc1cnc[nH]1)C(=O)O. The molecule has 1 aromatic rings. The number of hydrogen-bond donors (Lipinski definition) is 4. The van der Waals surface area contributed by atoms with Crippen LogP contribution in [-0.2, 0) is 16.0 Å². The average Bonchev–Trinajstić information content (AvgIpc) is 2.89. The molecule has 7 heteroatoms. The van der Waals surface area contributed by atoms with Gasteiger partial charge in [-0.2, -0.15) is 0 Å². The molecule has 0 aromatic carbocycles. The van der Waals surface area contributed by atoms with E-state index in [4.69, 9.17) is 10.8 Å². The van der Waals surface area contributed by atoms with Crippen molar-refractivity contribution in [2.45, 2.75) is 44.7 Å². The molecule has 5 N–H and O–H groups in total. The van der Waals surface area contributed by atoms with Gasteiger partial charge in [0, 0.05) is 18.3 Å². The van der Waals surface area contributed by atoms with Crippen molar-refractivity contribution in [1.29, 1.82) is 0 Å². The number of imidazole rings is 1. The maximum Gasteiger partial charge on any atom is 0.326 e. The van der Waals surface area contributed by atoms with Gasteiger partial charge >= 0.3 is 5.97 Å². The summed E-state index contributed by atoms with van der Waals surface area (Å²) < 4.78 is 0. The summed E-state index contributed by atoms with van der Waals surface area (Å²) in [6.45, 7) is 3.60. The first-order chi connectivity index (χ1) is 8.92. The molecule has 0 aliphatic heterocycles. The summed E-state index contributed by atoms with van der Waals surface area (Å²) in [5.74, 6) is -1.54. The molecule has 0 saturated heterocycles. The van der Waals surface area contributed by atoms with Crippen LogP contribution < -0.4 is 11.1 Å². The number of amides is 1. The number of H-pyrrole nitrogens is 1. The summed E-state index contributed by atoms with van der Waals surface area (Å²) >= 11 is 0. The molecule has 7 nitrogen and oxygen atoms in total. The molecule has 1 aromatic heterocycles. The van der Waals surface area contributed by atoms with Crippen LogP contribution in [0.3, 0.4) is 0 Å². The molecule has 0 saturated carbocycles. The highest BCUT2D eigenvalue weighted by Crippen LogP contribution is 2.12. The maximum atomic E-state index is 12.0. The van der Waals surface area contributed by atoms with Crippen LogP contribution >= 0.6 is 0 Å². The Hall–Kier alpha value is -1.89. The van der Waals surface area contributed by atoms with Crippen LogP contribution in [0.5, 0.6) is 0 Å². The third-order valence-corrected chi connectivity index (χ3v) is 3.30. The molecule has 0 unspecified atom stereocenters. The second-order valence-electron chi connectivity index (χ2n) is 4.51. The molecule has 1 amide bonds. The minimum absolute atomic E-state index is 0.143. The van der Waals surface area contributed by atoms with Gasteiger partial charge in [-0.15, -0.1) is 0 Å². The zero-order valence-corrected chi connectivity index (χ0v) is 11.1. The summed E-state index contributed by atoms with van der Waals surface area (Å²) in [5, 5.41) is 11.6. The molecule has 1 atom stereocenters. The fourth-order valence-electron chi connectivity index (χ4n) is 1.69. The molecule has 0 aliphatic rings. The lowest BCUT2D eigenvalue weighted by Gasteiger charge is -2.27. The van der Waals surface area contributed by atoms with Gasteiger partial charge in [0.2, 0.25) is 5.91 Å². The Morgan fingerprint density at radius 2 is 2.16 bits per heavy atom. The summed E-state index contributed by atoms with van der Waals surface area (Å²) in [6, 6.07) is -1.02. The van der Waals surface area contributed by atoms with Crippen molar-refractivity contribution in [3.05, 3.63) is 18.2 Å². The number of carbonyl (C=O) groups is 2. The molecular weight excluding hydrogens is 248 g/mol. The van der Waals surface area contributed by atoms with Crippen LogP contribution in [0.25, 0.3) is 0 Å². The van der Waals surface area contributed by atoms with Gasteiger partial charge < -0.3 is 21.1 Å². The first-order valence-corrected chi connectivity index (χ1v) is 6.22. The van der Waals surface area contributed by atoms with E-state index in [1.807, 2.05) is 0 Å². The van der Waals surface area contributed by atoms with E-state index < -0.39 is 23.5 Å². The Labute approximate surface area is 111 Å². The number of carboxylic acids is 1. The Kier molecular flexibility index (Phi) is 5.05. The van der Waals surface area contributed by atoms with Gasteiger partial charge in [-0.1, -0.05) is 13.8 Å². The number of aliphatic carboxylic acids is 1. The third-order valence-electron chi connectivity index (χ3n) is 3.30. The lowest BCUT2D eigenvalue weighted by atomic mass is 9.92. The predicted molar refractivity (Wildman–Crippen MR) is 69.4 cm³/mol. The fraction of sp³-hybridized carbons (Fsp3) is 0.583. The average molecular weight is 268 g/mol. The Balaban J connectivity index is 2.74. The van der Waals surface area contributed by atoms with Crippen molar-refractivity contribution in [3.8, 4) is 0 Å². The number of carbonyl (C=O) groups excluding carboxylic acids is 1. The third kappa shape index (κ3) is 3.78. The van der Waals surface area contributed by atoms with E-state index in [1.54, 1.807) is 13.8 Å². The largest absolute Gasteiger partial charge is 0.480 e. The molecule has 1 rings (SSSR count). The van der Waals surface area contributed by atoms with Gasteiger partial charge in [-0.05, 0) is 12.8 Å². The first-order valence-electron chi connectivity index (χ1n) is 6.22. The van der Waals surface area contributed by atoms with Crippen LogP contribution in [0, 0.1) is 0 Å². The van der Waals surface area contributed by atoms with Crippen LogP contribution in [-0.4, -0.2) is 38.5 Å². The van der Waals surface area contributed by atoms with Gasteiger partial charge in [-0.25, -0.2) is 9.78 Å². The molecule has 0 bridgehead atoms. The standard InChI is InChI=1S/C12H20N4O3/c1-3-12(13,4-2)11(19)16-9(10(17)18)5-8-6-14-7-15-8/h6-7,9H,3-5,13H2,1-2H3,(H,14,15)(H,16,19)(H,17,18)/t9-/m0/s1. The normalized spacial score (nSPS) is 13.0. The number of hydrogen-bond acceptors (Lipinski definition) is 4. The number of carboxylic acid groups (broad SMARTS) is 1. The van der Waals surface area contributed by atoms with Crippen molar-refractivity contribution in [3.63, 3.8) is 0 Å². The maximum absolute atomic E-state index is 12.0. The Bertz CT molecular complexity index is 426. The number of rotatable bonds is 7. The lowest BCUT2D eigenvalue weighted by Crippen LogP contribution is -2.57. The Morgan fingerprint density at radius 3 is 2.58 bits per heavy atom. The molecule has 106 valence electrons. The van der Waals surface area contributed by atoms with Gasteiger partial charge in [0.05, 0.1) is 11.9 Å². The highest BCUT2D eigenvalue weighted by Gasteiger charge is 2.33. The second kappa shape index (κ2) is 6.33. The van der Waals surface area contributed by atoms with Gasteiger partial charge in [0.25, 0.3) is 0 Å². The number of nitrogens with two attached hydrogens (primary N) is 1. The van der Waals surface area contributed by atoms with Crippen LogP contribution in [0.2, 0.25) is 0 Å². The minimum Gasteiger partial charge on any atom is -0.480 e. The second-order valence-corrected chi connectivity index (χ2v) is 4.51. The highest BCUT2D eigenvalue weighted by molar-refractivity contribution is 5.89. The van der Waals surface area contributed by atoms with Crippen molar-refractivity contribution in [2.24, 2.45) is 5.73 Å². The Morgan fingerprint density at radius 1 is 1.53 bits per heavy atom. The van der Waals surface area contributed by atoms with Gasteiger partial charge in [-0.3, -0.25) is 4.79 Å². The molecule has 19 heavy (non-hydrogen) atoms. The first kappa shape index (κ1) is 15.2. The van der Waals surface area contributed by atoms with Crippen molar-refractivity contribution in [1.82, 2.24) is 15.3 Å². The van der Waals surface area contributed by atoms with E-state index in [0.717, 1.165) is 0 Å². The number of nitrogens with one attached hydrogen (secondary N) is 2. The quantitative estimate of drug-likeness (QED) is 0.556. The topological polar surface area (TPSA) is 121 Å². The number of aromatic amines is 1. The van der Waals surface area contributed by atoms with E-state index in [9.17, 15) is 9.59 Å². The highest BCUT2D eigenvalue weighted by atomic mass is 16.4. The van der Waals surface area contributed by atoms with Crippen LogP contribution in [0.1, 0.15) is 32.4 Å². The lowest BCUT2D eigenvalue weighted by molar-refractivity contribution is -0.142. The fourth-order valence-corrected chi connectivity index (χ4v) is 1.69. The van der Waals surface area contributed by atoms with E-state index in [0.29, 0.717) is 18.5 Å². The summed E-state index contributed by atoms with van der Waals surface area (Å²) in [4.78, 5) is 29.8. The molecule has 0 radical (unpaired) electrons. The van der Waals surface area contributed by atoms with Gasteiger partial charge in [0.15, 0.2) is 0 Å². The van der Waals surface area contributed by atoms with E-state index in [2.05, 4.69) is 15.3 Å². The monoisotopic (exact) mass is 268 g/mol.